The van der Waals surface area contributed by atoms with Crippen LogP contribution in [0.4, 0.5) is 0 Å². The Morgan fingerprint density at radius 3 is 2.78 bits per heavy atom. The molecule has 18 heavy (non-hydrogen) atoms. The van der Waals surface area contributed by atoms with Gasteiger partial charge in [0.15, 0.2) is 5.75 Å². The van der Waals surface area contributed by atoms with E-state index in [1.807, 2.05) is 7.05 Å². The number of hydrogen-bond acceptors (Lipinski definition) is 5. The van der Waals surface area contributed by atoms with Gasteiger partial charge in [-0.2, -0.15) is 0 Å². The van der Waals surface area contributed by atoms with Gasteiger partial charge in [-0.15, -0.1) is 11.8 Å². The van der Waals surface area contributed by atoms with Gasteiger partial charge in [-0.1, -0.05) is 13.3 Å². The topological polar surface area (TPSA) is 46.6 Å². The third kappa shape index (κ3) is 2.46. The molecule has 1 aliphatic heterocycles. The Hall–Kier alpha value is -1.23. The fraction of sp³-hybridized carbons (Fsp3) is 0.538. The summed E-state index contributed by atoms with van der Waals surface area (Å²) in [5.74, 6) is 1.27. The van der Waals surface area contributed by atoms with Crippen molar-refractivity contribution >= 4 is 17.8 Å². The lowest BCUT2D eigenvalue weighted by Crippen LogP contribution is -2.35. The third-order valence-corrected chi connectivity index (χ3v) is 4.08. The van der Waals surface area contributed by atoms with Gasteiger partial charge in [-0.05, 0) is 12.5 Å². The zero-order valence-electron chi connectivity index (χ0n) is 10.7. The van der Waals surface area contributed by atoms with E-state index in [4.69, 9.17) is 4.74 Å². The molecule has 0 saturated carbocycles. The van der Waals surface area contributed by atoms with Crippen LogP contribution in [-0.4, -0.2) is 30.9 Å². The summed E-state index contributed by atoms with van der Waals surface area (Å²) < 4.78 is 5.40. The predicted molar refractivity (Wildman–Crippen MR) is 74.8 cm³/mol. The van der Waals surface area contributed by atoms with E-state index in [0.29, 0.717) is 12.2 Å². The summed E-state index contributed by atoms with van der Waals surface area (Å²) in [5, 5.41) is 1.03. The molecule has 1 fully saturated rings. The fourth-order valence-corrected chi connectivity index (χ4v) is 2.85. The van der Waals surface area contributed by atoms with Crippen LogP contribution in [0.25, 0.3) is 6.08 Å². The lowest BCUT2D eigenvalue weighted by Gasteiger charge is -2.13. The van der Waals surface area contributed by atoms with E-state index in [2.05, 4.69) is 11.8 Å². The van der Waals surface area contributed by atoms with E-state index >= 15 is 0 Å². The first kappa shape index (κ1) is 13.2. The van der Waals surface area contributed by atoms with Crippen LogP contribution in [-0.2, 0) is 0 Å². The number of hydrogen-bond donors (Lipinski definition) is 0. The minimum atomic E-state index is -0.483. The minimum absolute atomic E-state index is 0.252. The molecule has 2 rings (SSSR count). The van der Waals surface area contributed by atoms with Crippen molar-refractivity contribution < 1.29 is 4.74 Å². The highest BCUT2D eigenvalue weighted by atomic mass is 32.2. The average Bonchev–Trinajstić information content (AvgIpc) is 2.78. The molecule has 0 aliphatic carbocycles. The molecule has 0 unspecified atom stereocenters. The van der Waals surface area contributed by atoms with Gasteiger partial charge in [-0.3, -0.25) is 9.59 Å². The molecule has 1 saturated heterocycles. The van der Waals surface area contributed by atoms with Gasteiger partial charge in [0.05, 0.1) is 17.2 Å². The maximum absolute atomic E-state index is 11.5. The van der Waals surface area contributed by atoms with Gasteiger partial charge >= 0.3 is 0 Å². The van der Waals surface area contributed by atoms with Gasteiger partial charge in [0, 0.05) is 19.3 Å². The number of ether oxygens (including phenoxy) is 1. The van der Waals surface area contributed by atoms with Crippen LogP contribution in [0.2, 0.25) is 0 Å². The van der Waals surface area contributed by atoms with Crippen molar-refractivity contribution in [2.75, 3.05) is 26.0 Å². The Morgan fingerprint density at radius 1 is 1.39 bits per heavy atom. The minimum Gasteiger partial charge on any atom is -0.489 e. The number of nitrogens with zero attached hydrogens (tertiary/aromatic N) is 1. The number of thioether (sulfide) groups is 1. The van der Waals surface area contributed by atoms with Crippen molar-refractivity contribution in [1.82, 2.24) is 4.90 Å². The molecule has 1 aromatic carbocycles. The van der Waals surface area contributed by atoms with Crippen molar-refractivity contribution in [1.29, 1.82) is 0 Å². The van der Waals surface area contributed by atoms with Crippen LogP contribution in [0.1, 0.15) is 25.3 Å². The van der Waals surface area contributed by atoms with E-state index in [1.54, 1.807) is 17.8 Å². The van der Waals surface area contributed by atoms with Crippen molar-refractivity contribution in [3.8, 4) is 5.75 Å². The van der Waals surface area contributed by atoms with Crippen molar-refractivity contribution in [2.45, 2.75) is 19.8 Å². The van der Waals surface area contributed by atoms with Crippen LogP contribution >= 0.6 is 11.8 Å². The molecule has 0 atom stereocenters. The summed E-state index contributed by atoms with van der Waals surface area (Å²) in [6.45, 7) is 3.52. The molecular formula is C13H17NO3S. The van der Waals surface area contributed by atoms with Gasteiger partial charge in [0.1, 0.15) is 0 Å². The van der Waals surface area contributed by atoms with E-state index in [9.17, 15) is 9.59 Å². The van der Waals surface area contributed by atoms with Crippen LogP contribution in [0.3, 0.4) is 0 Å². The Morgan fingerprint density at radius 2 is 2.17 bits per heavy atom. The average molecular weight is 267 g/mol. The van der Waals surface area contributed by atoms with Crippen molar-refractivity contribution in [2.24, 2.45) is 0 Å². The molecule has 4 nitrogen and oxygen atoms in total. The number of rotatable bonds is 5. The first-order chi connectivity index (χ1) is 8.65. The molecular weight excluding hydrogens is 250 g/mol. The molecule has 1 aliphatic rings. The van der Waals surface area contributed by atoms with E-state index in [1.165, 1.54) is 0 Å². The first-order valence-electron chi connectivity index (χ1n) is 6.17. The van der Waals surface area contributed by atoms with E-state index in [0.717, 1.165) is 30.2 Å². The molecule has 0 amide bonds. The van der Waals surface area contributed by atoms with Crippen LogP contribution < -0.4 is 15.6 Å². The SMILES string of the molecule is CCCCOc1c(/C=C2\SCCN2C)c(=O)c1=O. The van der Waals surface area contributed by atoms with Gasteiger partial charge < -0.3 is 9.64 Å². The standard InChI is InChI=1S/C13H17NO3S/c1-3-4-6-17-13-9(11(15)12(13)16)8-10-14(2)5-7-18-10/h8H,3-7H2,1-2H3/b10-8-. The van der Waals surface area contributed by atoms with Gasteiger partial charge in [-0.25, -0.2) is 0 Å². The zero-order valence-corrected chi connectivity index (χ0v) is 11.5. The zero-order chi connectivity index (χ0) is 13.1. The summed E-state index contributed by atoms with van der Waals surface area (Å²) in [6.07, 6.45) is 3.68. The quantitative estimate of drug-likeness (QED) is 0.597. The Labute approximate surface area is 110 Å². The summed E-state index contributed by atoms with van der Waals surface area (Å²) in [6, 6.07) is 0. The largest absolute Gasteiger partial charge is 0.489 e. The summed E-state index contributed by atoms with van der Waals surface area (Å²) in [5.41, 5.74) is -0.467. The Kier molecular flexibility index (Phi) is 4.11. The molecule has 1 heterocycles. The molecule has 0 radical (unpaired) electrons. The maximum atomic E-state index is 11.5. The second-order valence-corrected chi connectivity index (χ2v) is 5.47. The maximum Gasteiger partial charge on any atom is 0.268 e. The molecule has 98 valence electrons. The van der Waals surface area contributed by atoms with E-state index < -0.39 is 10.9 Å². The molecule has 1 aromatic rings. The lowest BCUT2D eigenvalue weighted by atomic mass is 10.1. The highest BCUT2D eigenvalue weighted by Crippen LogP contribution is 2.29. The molecule has 0 bridgehead atoms. The monoisotopic (exact) mass is 267 g/mol. The Balaban J connectivity index is 2.16. The molecule has 5 heteroatoms. The smallest absolute Gasteiger partial charge is 0.268 e. The predicted octanol–water partition coefficient (Wildman–Crippen LogP) is 1.44. The molecule has 0 spiro atoms. The second-order valence-electron chi connectivity index (χ2n) is 4.36. The van der Waals surface area contributed by atoms with Crippen LogP contribution in [0.5, 0.6) is 5.75 Å². The third-order valence-electron chi connectivity index (χ3n) is 2.97. The summed E-state index contributed by atoms with van der Waals surface area (Å²) in [4.78, 5) is 25.1. The molecule has 0 N–H and O–H groups in total. The van der Waals surface area contributed by atoms with E-state index in [-0.39, 0.29) is 5.75 Å². The first-order valence-corrected chi connectivity index (χ1v) is 7.15. The summed E-state index contributed by atoms with van der Waals surface area (Å²) >= 11 is 1.70. The Bertz CT molecular complexity index is 528. The highest BCUT2D eigenvalue weighted by Gasteiger charge is 2.23. The molecule has 0 aromatic heterocycles. The lowest BCUT2D eigenvalue weighted by molar-refractivity contribution is 0.302. The number of unbranched alkanes of at least 4 members (excludes halogenated alkanes) is 1. The van der Waals surface area contributed by atoms with Crippen molar-refractivity contribution in [3.63, 3.8) is 0 Å². The highest BCUT2D eigenvalue weighted by molar-refractivity contribution is 8.03. The van der Waals surface area contributed by atoms with Gasteiger partial charge in [0.2, 0.25) is 5.43 Å². The van der Waals surface area contributed by atoms with Gasteiger partial charge in [0.25, 0.3) is 5.43 Å². The summed E-state index contributed by atoms with van der Waals surface area (Å²) in [7, 11) is 1.98. The van der Waals surface area contributed by atoms with Crippen LogP contribution in [0, 0.1) is 0 Å². The van der Waals surface area contributed by atoms with Crippen molar-refractivity contribution in [3.05, 3.63) is 31.0 Å². The van der Waals surface area contributed by atoms with Crippen LogP contribution in [0.15, 0.2) is 14.6 Å². The fourth-order valence-electron chi connectivity index (χ4n) is 1.76. The second kappa shape index (κ2) is 5.61. The normalized spacial score (nSPS) is 17.9.